The number of ether oxygens (including phenoxy) is 4. The van der Waals surface area contributed by atoms with Gasteiger partial charge in [0.2, 0.25) is 0 Å². The van der Waals surface area contributed by atoms with Crippen molar-refractivity contribution in [3.8, 4) is 67.5 Å². The lowest BCUT2D eigenvalue weighted by Gasteiger charge is -2.19. The number of nitrogens with zero attached hydrogens (tertiary/aromatic N) is 6. The molecule has 4 unspecified atom stereocenters. The van der Waals surface area contributed by atoms with Gasteiger partial charge >= 0.3 is 0 Å². The molecule has 20 nitrogen and oxygen atoms in total. The number of hydrogen-bond acceptors (Lipinski definition) is 14. The molecule has 11 aromatic rings. The molecule has 0 radical (unpaired) electrons. The van der Waals surface area contributed by atoms with Crippen molar-refractivity contribution in [2.24, 2.45) is 23.7 Å². The summed E-state index contributed by atoms with van der Waals surface area (Å²) in [5.41, 5.74) is 13.8. The maximum Gasteiger partial charge on any atom is 0.255 e. The highest BCUT2D eigenvalue weighted by Crippen LogP contribution is 2.45. The normalized spacial score (nSPS) is 12.6. The highest BCUT2D eigenvalue weighted by atomic mass is 16.5. The number of anilines is 4. The van der Waals surface area contributed by atoms with Crippen LogP contribution in [-0.4, -0.2) is 89.9 Å². The summed E-state index contributed by atoms with van der Waals surface area (Å²) in [5.74, 6) is 1.77. The number of hydrogen-bond donors (Lipinski definition) is 6. The third-order valence-electron chi connectivity index (χ3n) is 22.7. The van der Waals surface area contributed by atoms with Gasteiger partial charge in [0.25, 0.3) is 23.6 Å². The Kier molecular flexibility index (Phi) is 29.8. The second-order valence-corrected chi connectivity index (χ2v) is 31.0. The Morgan fingerprint density at radius 3 is 0.717 bits per heavy atom. The van der Waals surface area contributed by atoms with Crippen molar-refractivity contribution in [2.75, 3.05) is 47.7 Å². The number of fused-ring (bicyclic) bond motifs is 8. The smallest absolute Gasteiger partial charge is 0.255 e. The van der Waals surface area contributed by atoms with Gasteiger partial charge in [0.05, 0.1) is 72.0 Å². The molecule has 20 heteroatoms. The fraction of sp³-hybridized carbons (Fsp3) is 0.320. The highest BCUT2D eigenvalue weighted by Gasteiger charge is 2.26. The zero-order chi connectivity index (χ0) is 83.7. The first-order valence-electron chi connectivity index (χ1n) is 42.9. The van der Waals surface area contributed by atoms with Gasteiger partial charge in [0, 0.05) is 116 Å². The molecule has 120 heavy (non-hydrogen) atoms. The molecule has 0 spiro atoms. The number of unbranched alkanes of at least 4 members (excludes halogenated alkanes) is 4. The SMILES string of the molecule is CCCCC(CC)COc1ccc(-c2c3nc(c(-c4ccc(OCC(CC)CCCC)c(NC(=O)c5ccncc5)c4)c4ccc([nH]4)c(-c4ccc(OCC(CC)CCCC)c(NC(=O)c5ccncc5)c4)c4nc(c(-c5ccc(OCC(CC)CCCC)c(NC(=O)c6ccncc6)c5)c5ccc2[nH]5)C=C4)C=C3)cc1NC(=O)c1ccncc1. The van der Waals surface area contributed by atoms with Crippen LogP contribution in [0.1, 0.15) is 222 Å². The molecule has 7 aromatic heterocycles. The van der Waals surface area contributed by atoms with E-state index < -0.39 is 0 Å². The maximum absolute atomic E-state index is 14.6. The van der Waals surface area contributed by atoms with Crippen LogP contribution in [0.5, 0.6) is 23.0 Å². The second-order valence-electron chi connectivity index (χ2n) is 31.0. The summed E-state index contributed by atoms with van der Waals surface area (Å²) in [6, 6.07) is 45.1. The van der Waals surface area contributed by atoms with Gasteiger partial charge in [0.1, 0.15) is 23.0 Å². The standard InChI is InChI=1S/C100H110N12O8/c1-9-17-21-65(13-5)61-117-89-37-25-73(57-85(89)109-97(113)69-41-49-101-50-42-69)93-77-29-31-79(105-77)94(74-26-38-90(118-62-66(14-6)22-18-10-2)86(58-74)110-98(114)70-43-51-102-52-44-70)81-33-35-83(107-81)96(76-28-40-92(120-64-68(16-8)24-20-12-4)88(60-76)112-100(116)72-47-55-104-56-48-72)84-36-34-82(108-84)95(80-32-30-78(93)106-80)75-27-39-91(119-63-67(15-7)23-19-11-3)87(59-75)111-99(115)71-45-53-103-54-46-71/h25-60,65-68,105,108H,9-24,61-64H2,1-8H3,(H,109,113)(H,110,114)(H,111,115)(H,112,116). The zero-order valence-corrected chi connectivity index (χ0v) is 70.2. The first-order chi connectivity index (χ1) is 58.8. The van der Waals surface area contributed by atoms with E-state index in [0.29, 0.717) is 184 Å². The summed E-state index contributed by atoms with van der Waals surface area (Å²) in [4.78, 5) is 94.5. The first-order valence-corrected chi connectivity index (χ1v) is 42.9. The van der Waals surface area contributed by atoms with Gasteiger partial charge in [-0.25, -0.2) is 9.97 Å². The molecule has 4 atom stereocenters. The van der Waals surface area contributed by atoms with Crippen LogP contribution in [0, 0.1) is 23.7 Å². The number of benzene rings is 4. The number of pyridine rings is 4. The minimum atomic E-state index is -0.344. The number of aromatic amines is 2. The fourth-order valence-electron chi connectivity index (χ4n) is 15.3. The molecule has 0 saturated heterocycles. The fourth-order valence-corrected chi connectivity index (χ4v) is 15.3. The Morgan fingerprint density at radius 1 is 0.300 bits per heavy atom. The third kappa shape index (κ3) is 21.4. The molecule has 618 valence electrons. The van der Waals surface area contributed by atoms with Crippen LogP contribution in [0.4, 0.5) is 22.7 Å². The molecule has 8 bridgehead atoms. The third-order valence-corrected chi connectivity index (χ3v) is 22.7. The molecule has 6 N–H and O–H groups in total. The quantitative estimate of drug-likeness (QED) is 0.0209. The van der Waals surface area contributed by atoms with E-state index in [1.807, 2.05) is 121 Å². The molecule has 0 fully saturated rings. The predicted molar refractivity (Wildman–Crippen MR) is 485 cm³/mol. The Labute approximate surface area is 704 Å². The van der Waals surface area contributed by atoms with Gasteiger partial charge < -0.3 is 50.2 Å². The number of aromatic nitrogens is 8. The monoisotopic (exact) mass is 1610 g/mol. The van der Waals surface area contributed by atoms with E-state index in [4.69, 9.17) is 28.9 Å². The van der Waals surface area contributed by atoms with Crippen molar-refractivity contribution >= 4 is 92.7 Å². The van der Waals surface area contributed by atoms with Crippen LogP contribution in [-0.2, 0) is 0 Å². The van der Waals surface area contributed by atoms with Gasteiger partial charge in [-0.15, -0.1) is 0 Å². The van der Waals surface area contributed by atoms with Crippen LogP contribution in [0.25, 0.3) is 90.9 Å². The van der Waals surface area contributed by atoms with E-state index in [2.05, 4.69) is 107 Å². The van der Waals surface area contributed by atoms with Crippen molar-refractivity contribution in [2.45, 2.75) is 158 Å². The minimum absolute atomic E-state index is 0.280. The molecule has 2 aliphatic rings. The van der Waals surface area contributed by atoms with Crippen molar-refractivity contribution in [3.05, 3.63) is 240 Å². The maximum atomic E-state index is 14.6. The Hall–Kier alpha value is -12.8. The lowest BCUT2D eigenvalue weighted by Crippen LogP contribution is -2.15. The average Bonchev–Trinajstić information content (AvgIpc) is 1.60. The molecule has 2 aliphatic heterocycles. The zero-order valence-electron chi connectivity index (χ0n) is 70.2. The number of H-pyrrole nitrogens is 2. The topological polar surface area (TPSA) is 262 Å². The number of nitrogens with one attached hydrogen (secondary N) is 6. The first kappa shape index (κ1) is 85.1. The van der Waals surface area contributed by atoms with Crippen molar-refractivity contribution in [3.63, 3.8) is 0 Å². The molecule has 4 amide bonds. The molecule has 0 saturated carbocycles. The van der Waals surface area contributed by atoms with Crippen LogP contribution in [0.2, 0.25) is 0 Å². The highest BCUT2D eigenvalue weighted by molar-refractivity contribution is 6.10. The lowest BCUT2D eigenvalue weighted by atomic mass is 10.0. The van der Waals surface area contributed by atoms with Gasteiger partial charge in [-0.1, -0.05) is 157 Å². The summed E-state index contributed by atoms with van der Waals surface area (Å²) < 4.78 is 27.2. The summed E-state index contributed by atoms with van der Waals surface area (Å²) in [6.45, 7) is 19.3. The Morgan fingerprint density at radius 2 is 0.517 bits per heavy atom. The summed E-state index contributed by atoms with van der Waals surface area (Å²) >= 11 is 0. The van der Waals surface area contributed by atoms with Gasteiger partial charge in [-0.3, -0.25) is 39.1 Å². The molecular formula is C100H110N12O8. The molecule has 9 heterocycles. The van der Waals surface area contributed by atoms with E-state index >= 15 is 0 Å². The van der Waals surface area contributed by atoms with Crippen LogP contribution < -0.4 is 40.2 Å². The van der Waals surface area contributed by atoms with Crippen molar-refractivity contribution in [1.82, 2.24) is 39.9 Å². The predicted octanol–water partition coefficient (Wildman–Crippen LogP) is 24.3. The molecular weight excluding hydrogens is 1500 g/mol. The summed E-state index contributed by atoms with van der Waals surface area (Å²) in [6.07, 6.45) is 37.0. The molecule has 13 rings (SSSR count). The lowest BCUT2D eigenvalue weighted by molar-refractivity contribution is 0.101. The number of carbonyl (C=O) groups is 4. The van der Waals surface area contributed by atoms with Crippen molar-refractivity contribution in [1.29, 1.82) is 0 Å². The van der Waals surface area contributed by atoms with E-state index in [1.54, 1.807) is 98.1 Å². The summed E-state index contributed by atoms with van der Waals surface area (Å²) in [5, 5.41) is 13.0. The largest absolute Gasteiger partial charge is 0.491 e. The van der Waals surface area contributed by atoms with Crippen LogP contribution in [0.15, 0.2) is 195 Å². The van der Waals surface area contributed by atoms with E-state index in [0.717, 1.165) is 103 Å². The van der Waals surface area contributed by atoms with Crippen LogP contribution >= 0.6 is 0 Å². The molecule has 0 aliphatic carbocycles. The second kappa shape index (κ2) is 42.0. The number of rotatable bonds is 40. The van der Waals surface area contributed by atoms with E-state index in [-0.39, 0.29) is 47.3 Å². The van der Waals surface area contributed by atoms with E-state index in [9.17, 15) is 19.2 Å². The Balaban J connectivity index is 1.11. The Bertz CT molecular complexity index is 4920. The van der Waals surface area contributed by atoms with Gasteiger partial charge in [-0.05, 0) is 217 Å². The van der Waals surface area contributed by atoms with Gasteiger partial charge in [-0.2, -0.15) is 0 Å². The van der Waals surface area contributed by atoms with Crippen LogP contribution in [0.3, 0.4) is 0 Å². The number of carbonyl (C=O) groups excluding carboxylic acids is 4. The minimum Gasteiger partial charge on any atom is -0.491 e. The molecule has 4 aromatic carbocycles. The van der Waals surface area contributed by atoms with E-state index in [1.165, 1.54) is 0 Å². The van der Waals surface area contributed by atoms with Crippen molar-refractivity contribution < 1.29 is 38.1 Å². The average molecular weight is 1610 g/mol. The number of amides is 4. The summed E-state index contributed by atoms with van der Waals surface area (Å²) in [7, 11) is 0. The van der Waals surface area contributed by atoms with Gasteiger partial charge in [0.15, 0.2) is 0 Å².